The van der Waals surface area contributed by atoms with Gasteiger partial charge in [0.05, 0.1) is 5.69 Å². The van der Waals surface area contributed by atoms with Gasteiger partial charge < -0.3 is 14.4 Å². The fraction of sp³-hybridized carbons (Fsp3) is 0.185. The van der Waals surface area contributed by atoms with Crippen LogP contribution >= 0.6 is 0 Å². The molecule has 1 heterocycles. The molecule has 0 unspecified atom stereocenters. The predicted octanol–water partition coefficient (Wildman–Crippen LogP) is 7.10. The molecule has 3 heteroatoms. The van der Waals surface area contributed by atoms with E-state index in [1.54, 1.807) is 0 Å². The molecule has 2 aromatic rings. The third-order valence-electron chi connectivity index (χ3n) is 4.67. The molecular weight excluding hydrogens is 370 g/mol. The van der Waals surface area contributed by atoms with E-state index in [9.17, 15) is 0 Å². The average molecular weight is 400 g/mol. The average Bonchev–Trinajstić information content (AvgIpc) is 3.10. The number of ether oxygens (including phenoxy) is 2. The van der Waals surface area contributed by atoms with Crippen molar-refractivity contribution >= 4 is 5.69 Å². The van der Waals surface area contributed by atoms with E-state index >= 15 is 0 Å². The summed E-state index contributed by atoms with van der Waals surface area (Å²) >= 11 is 0. The molecule has 0 N–H and O–H groups in total. The number of rotatable bonds is 9. The van der Waals surface area contributed by atoms with Crippen LogP contribution in [0.2, 0.25) is 0 Å². The quantitative estimate of drug-likeness (QED) is 0.332. The van der Waals surface area contributed by atoms with Crippen molar-refractivity contribution in [1.82, 2.24) is 0 Å². The molecule has 0 bridgehead atoms. The number of unbranched alkanes of at least 4 members (excludes halogenated alkanes) is 1. The van der Waals surface area contributed by atoms with Gasteiger partial charge in [-0.2, -0.15) is 0 Å². The summed E-state index contributed by atoms with van der Waals surface area (Å²) in [6, 6.07) is 16.1. The van der Waals surface area contributed by atoms with Gasteiger partial charge in [0.25, 0.3) is 0 Å². The predicted molar refractivity (Wildman–Crippen MR) is 126 cm³/mol. The lowest BCUT2D eigenvalue weighted by Gasteiger charge is -2.17. The van der Waals surface area contributed by atoms with Crippen molar-refractivity contribution in [3.05, 3.63) is 115 Å². The van der Waals surface area contributed by atoms with E-state index in [1.165, 1.54) is 0 Å². The van der Waals surface area contributed by atoms with Gasteiger partial charge in [-0.3, -0.25) is 0 Å². The first kappa shape index (κ1) is 21.3. The van der Waals surface area contributed by atoms with Gasteiger partial charge in [0.15, 0.2) is 5.75 Å². The minimum absolute atomic E-state index is 0.601. The van der Waals surface area contributed by atoms with Crippen molar-refractivity contribution in [1.29, 1.82) is 0 Å². The second-order valence-electron chi connectivity index (χ2n) is 7.04. The monoisotopic (exact) mass is 399 g/mol. The number of benzene rings is 2. The second kappa shape index (κ2) is 10.9. The minimum atomic E-state index is 0.601. The first-order valence-electron chi connectivity index (χ1n) is 10.4. The van der Waals surface area contributed by atoms with Crippen LogP contribution in [0.15, 0.2) is 109 Å². The summed E-state index contributed by atoms with van der Waals surface area (Å²) < 4.78 is 11.8. The van der Waals surface area contributed by atoms with Crippen LogP contribution in [0.25, 0.3) is 0 Å². The maximum Gasteiger partial charge on any atom is 0.200 e. The first-order chi connectivity index (χ1) is 14.7. The number of anilines is 1. The van der Waals surface area contributed by atoms with Gasteiger partial charge in [-0.1, -0.05) is 80.6 Å². The van der Waals surface area contributed by atoms with Crippen LogP contribution in [0.5, 0.6) is 11.5 Å². The van der Waals surface area contributed by atoms with E-state index in [0.29, 0.717) is 5.76 Å². The number of allylic oxidation sites excluding steroid dienone is 7. The molecule has 3 rings (SSSR count). The maximum atomic E-state index is 6.01. The smallest absolute Gasteiger partial charge is 0.200 e. The molecule has 1 aliphatic rings. The molecule has 2 aromatic carbocycles. The Hall–Kier alpha value is -3.46. The molecule has 154 valence electrons. The van der Waals surface area contributed by atoms with E-state index in [0.717, 1.165) is 48.0 Å². The molecule has 0 radical (unpaired) electrons. The highest BCUT2D eigenvalue weighted by Gasteiger charge is 2.24. The van der Waals surface area contributed by atoms with Crippen LogP contribution in [0.4, 0.5) is 5.69 Å². The zero-order valence-corrected chi connectivity index (χ0v) is 17.8. The molecule has 0 aliphatic carbocycles. The van der Waals surface area contributed by atoms with Gasteiger partial charge in [-0.15, -0.1) is 0 Å². The van der Waals surface area contributed by atoms with Crippen molar-refractivity contribution in [2.24, 2.45) is 0 Å². The van der Waals surface area contributed by atoms with E-state index < -0.39 is 0 Å². The van der Waals surface area contributed by atoms with Crippen molar-refractivity contribution in [3.63, 3.8) is 0 Å². The van der Waals surface area contributed by atoms with Gasteiger partial charge in [0.1, 0.15) is 11.5 Å². The van der Waals surface area contributed by atoms with Crippen LogP contribution in [-0.4, -0.2) is 6.54 Å². The molecule has 0 amide bonds. The van der Waals surface area contributed by atoms with Gasteiger partial charge in [-0.05, 0) is 49.3 Å². The van der Waals surface area contributed by atoms with Crippen LogP contribution in [-0.2, 0) is 0 Å². The molecule has 0 aromatic heterocycles. The largest absolute Gasteiger partial charge is 0.458 e. The summed E-state index contributed by atoms with van der Waals surface area (Å²) in [7, 11) is 0. The minimum Gasteiger partial charge on any atom is -0.458 e. The lowest BCUT2D eigenvalue weighted by atomic mass is 10.2. The molecule has 1 aliphatic heterocycles. The fourth-order valence-electron chi connectivity index (χ4n) is 3.06. The molecule has 30 heavy (non-hydrogen) atoms. The van der Waals surface area contributed by atoms with Crippen molar-refractivity contribution in [3.8, 4) is 11.5 Å². The summed E-state index contributed by atoms with van der Waals surface area (Å²) in [5.41, 5.74) is 2.22. The zero-order valence-electron chi connectivity index (χ0n) is 17.8. The van der Waals surface area contributed by atoms with Crippen LogP contribution < -0.4 is 14.4 Å². The second-order valence-corrected chi connectivity index (χ2v) is 7.04. The summed E-state index contributed by atoms with van der Waals surface area (Å²) in [6.45, 7) is 9.11. The number of hydrogen-bond donors (Lipinski definition) is 0. The third kappa shape index (κ3) is 5.77. The summed E-state index contributed by atoms with van der Waals surface area (Å²) in [4.78, 5) is 2.24. The van der Waals surface area contributed by atoms with Crippen LogP contribution in [0, 0.1) is 6.92 Å². The molecule has 3 nitrogen and oxygen atoms in total. The first-order valence-corrected chi connectivity index (χ1v) is 10.4. The number of para-hydroxylation sites is 3. The van der Waals surface area contributed by atoms with Gasteiger partial charge in [0, 0.05) is 6.54 Å². The highest BCUT2D eigenvalue weighted by molar-refractivity contribution is 5.66. The fourth-order valence-corrected chi connectivity index (χ4v) is 3.06. The number of aryl methyl sites for hydroxylation is 1. The Morgan fingerprint density at radius 1 is 1.00 bits per heavy atom. The lowest BCUT2D eigenvalue weighted by molar-refractivity contribution is 0.437. The van der Waals surface area contributed by atoms with Crippen molar-refractivity contribution in [2.75, 3.05) is 11.4 Å². The Balaban J connectivity index is 1.54. The van der Waals surface area contributed by atoms with E-state index in [2.05, 4.69) is 24.5 Å². The van der Waals surface area contributed by atoms with Gasteiger partial charge in [0.2, 0.25) is 5.88 Å². The Morgan fingerprint density at radius 2 is 1.73 bits per heavy atom. The molecule has 0 saturated heterocycles. The summed E-state index contributed by atoms with van der Waals surface area (Å²) in [6.07, 6.45) is 15.9. The highest BCUT2D eigenvalue weighted by atomic mass is 16.5. The molecule has 0 saturated carbocycles. The zero-order chi connectivity index (χ0) is 21.2. The topological polar surface area (TPSA) is 21.7 Å². The van der Waals surface area contributed by atoms with Crippen LogP contribution in [0.3, 0.4) is 0 Å². The number of fused-ring (bicyclic) bond motifs is 1. The maximum absolute atomic E-state index is 6.01. The molecule has 0 atom stereocenters. The highest BCUT2D eigenvalue weighted by Crippen LogP contribution is 2.38. The van der Waals surface area contributed by atoms with Crippen molar-refractivity contribution in [2.45, 2.75) is 26.7 Å². The number of hydrogen-bond acceptors (Lipinski definition) is 3. The van der Waals surface area contributed by atoms with E-state index in [1.807, 2.05) is 91.9 Å². The van der Waals surface area contributed by atoms with Gasteiger partial charge in [-0.25, -0.2) is 0 Å². The number of nitrogens with zero attached hydrogens (tertiary/aromatic N) is 1. The summed E-state index contributed by atoms with van der Waals surface area (Å²) in [5.74, 6) is 3.21. The third-order valence-corrected chi connectivity index (χ3v) is 4.67. The standard InChI is InChI=1S/C27H29NO2/c1-4-5-21-28-24-17-12-14-19-26(24)30-27(28)20-10-8-6-7-9-16-23(3)29-25-18-13-11-15-22(25)2/h6-20H,3-5,21H2,1-2H3/b7-6+,10-8+,16-9+,27-20-. The molecular formula is C27H29NO2. The Kier molecular flexibility index (Phi) is 7.73. The summed E-state index contributed by atoms with van der Waals surface area (Å²) in [5, 5.41) is 0. The lowest BCUT2D eigenvalue weighted by Crippen LogP contribution is -2.21. The van der Waals surface area contributed by atoms with Crippen molar-refractivity contribution < 1.29 is 9.47 Å². The van der Waals surface area contributed by atoms with E-state index in [4.69, 9.17) is 9.47 Å². The Labute approximate surface area is 179 Å². The SMILES string of the molecule is C=C(/C=C/C=C/C=C/C=C1\Oc2ccccc2N1CCCC)Oc1ccccc1C. The normalized spacial score (nSPS) is 14.7. The van der Waals surface area contributed by atoms with E-state index in [-0.39, 0.29) is 0 Å². The molecule has 0 fully saturated rings. The molecule has 0 spiro atoms. The Bertz CT molecular complexity index is 982. The Morgan fingerprint density at radius 3 is 2.57 bits per heavy atom. The van der Waals surface area contributed by atoms with Gasteiger partial charge >= 0.3 is 0 Å². The van der Waals surface area contributed by atoms with Crippen LogP contribution in [0.1, 0.15) is 25.3 Å².